The predicted octanol–water partition coefficient (Wildman–Crippen LogP) is 7.22. The summed E-state index contributed by atoms with van der Waals surface area (Å²) in [4.78, 5) is 0. The average Bonchev–Trinajstić information content (AvgIpc) is 2.72. The van der Waals surface area contributed by atoms with Crippen LogP contribution in [0.15, 0.2) is 54.6 Å². The molecule has 0 radical (unpaired) electrons. The maximum absolute atomic E-state index is 6.47. The molecule has 30 heavy (non-hydrogen) atoms. The minimum absolute atomic E-state index is 0.368. The highest BCUT2D eigenvalue weighted by atomic mass is 35.5. The Morgan fingerprint density at radius 3 is 2.23 bits per heavy atom. The molecule has 158 valence electrons. The van der Waals surface area contributed by atoms with Crippen molar-refractivity contribution in [3.8, 4) is 11.5 Å². The van der Waals surface area contributed by atoms with Crippen molar-refractivity contribution in [2.24, 2.45) is 0 Å². The number of hydrogen-bond acceptors (Lipinski definition) is 3. The van der Waals surface area contributed by atoms with Crippen molar-refractivity contribution in [3.63, 3.8) is 0 Å². The van der Waals surface area contributed by atoms with Crippen LogP contribution in [0.25, 0.3) is 0 Å². The van der Waals surface area contributed by atoms with Crippen molar-refractivity contribution in [1.82, 2.24) is 5.32 Å². The van der Waals surface area contributed by atoms with Crippen LogP contribution in [0.3, 0.4) is 0 Å². The van der Waals surface area contributed by atoms with Gasteiger partial charge in [-0.25, -0.2) is 0 Å². The van der Waals surface area contributed by atoms with Crippen LogP contribution in [0.5, 0.6) is 11.5 Å². The van der Waals surface area contributed by atoms with E-state index < -0.39 is 0 Å². The Morgan fingerprint density at radius 2 is 1.53 bits per heavy atom. The highest BCUT2D eigenvalue weighted by Gasteiger charge is 2.12. The Morgan fingerprint density at radius 1 is 0.800 bits per heavy atom. The van der Waals surface area contributed by atoms with Crippen LogP contribution in [-0.4, -0.2) is 13.7 Å². The summed E-state index contributed by atoms with van der Waals surface area (Å²) in [5, 5.41) is 5.89. The number of benzene rings is 3. The van der Waals surface area contributed by atoms with E-state index in [1.165, 1.54) is 0 Å². The minimum Gasteiger partial charge on any atom is -0.493 e. The summed E-state index contributed by atoms with van der Waals surface area (Å²) in [6.07, 6.45) is 0.795. The summed E-state index contributed by atoms with van der Waals surface area (Å²) in [7, 11) is 1.60. The van der Waals surface area contributed by atoms with E-state index in [1.807, 2.05) is 48.5 Å². The quantitative estimate of drug-likeness (QED) is 0.325. The molecule has 3 rings (SSSR count). The third-order valence-corrected chi connectivity index (χ3v) is 5.62. The van der Waals surface area contributed by atoms with Crippen molar-refractivity contribution >= 4 is 46.4 Å². The van der Waals surface area contributed by atoms with Gasteiger partial charge in [-0.05, 0) is 66.1 Å². The highest BCUT2D eigenvalue weighted by Crippen LogP contribution is 2.37. The maximum Gasteiger partial charge on any atom is 0.180 e. The third kappa shape index (κ3) is 6.44. The van der Waals surface area contributed by atoms with Crippen LogP contribution < -0.4 is 14.8 Å². The molecule has 3 aromatic carbocycles. The van der Waals surface area contributed by atoms with E-state index in [1.54, 1.807) is 13.2 Å². The molecule has 0 amide bonds. The minimum atomic E-state index is 0.368. The van der Waals surface area contributed by atoms with Gasteiger partial charge < -0.3 is 14.8 Å². The first-order valence-electron chi connectivity index (χ1n) is 9.34. The first kappa shape index (κ1) is 23.1. The molecule has 3 nitrogen and oxygen atoms in total. The number of nitrogens with one attached hydrogen (secondary N) is 1. The van der Waals surface area contributed by atoms with Gasteiger partial charge in [-0.2, -0.15) is 0 Å². The normalized spacial score (nSPS) is 10.8. The van der Waals surface area contributed by atoms with Gasteiger partial charge in [0, 0.05) is 21.6 Å². The van der Waals surface area contributed by atoms with Gasteiger partial charge in [-0.1, -0.05) is 64.6 Å². The zero-order valence-corrected chi connectivity index (χ0v) is 19.4. The highest BCUT2D eigenvalue weighted by molar-refractivity contribution is 6.35. The molecule has 0 aliphatic heterocycles. The smallest absolute Gasteiger partial charge is 0.180 e. The van der Waals surface area contributed by atoms with E-state index in [2.05, 4.69) is 5.32 Å². The zero-order valence-electron chi connectivity index (χ0n) is 16.4. The second-order valence-electron chi connectivity index (χ2n) is 6.69. The van der Waals surface area contributed by atoms with Crippen LogP contribution in [0, 0.1) is 0 Å². The largest absolute Gasteiger partial charge is 0.493 e. The van der Waals surface area contributed by atoms with Crippen LogP contribution in [0.2, 0.25) is 20.1 Å². The fourth-order valence-corrected chi connectivity index (χ4v) is 3.85. The fraction of sp³-hybridized carbons (Fsp3) is 0.217. The summed E-state index contributed by atoms with van der Waals surface area (Å²) in [6, 6.07) is 16.8. The zero-order chi connectivity index (χ0) is 21.5. The summed E-state index contributed by atoms with van der Waals surface area (Å²) < 4.78 is 11.4. The Hall–Kier alpha value is -1.62. The van der Waals surface area contributed by atoms with Gasteiger partial charge in [0.1, 0.15) is 6.61 Å². The number of methoxy groups -OCH3 is 1. The molecule has 0 spiro atoms. The van der Waals surface area contributed by atoms with Gasteiger partial charge in [0.25, 0.3) is 0 Å². The molecule has 0 saturated heterocycles. The summed E-state index contributed by atoms with van der Waals surface area (Å²) in [5.41, 5.74) is 3.04. The van der Waals surface area contributed by atoms with Crippen molar-refractivity contribution < 1.29 is 9.47 Å². The molecular weight excluding hydrogens is 464 g/mol. The number of halogens is 4. The van der Waals surface area contributed by atoms with E-state index in [4.69, 9.17) is 55.9 Å². The van der Waals surface area contributed by atoms with Crippen molar-refractivity contribution in [2.75, 3.05) is 13.7 Å². The van der Waals surface area contributed by atoms with E-state index in [-0.39, 0.29) is 0 Å². The lowest BCUT2D eigenvalue weighted by Crippen LogP contribution is -2.17. The first-order valence-corrected chi connectivity index (χ1v) is 10.9. The predicted molar refractivity (Wildman–Crippen MR) is 126 cm³/mol. The van der Waals surface area contributed by atoms with Gasteiger partial charge in [-0.3, -0.25) is 0 Å². The van der Waals surface area contributed by atoms with E-state index in [9.17, 15) is 0 Å². The van der Waals surface area contributed by atoms with Gasteiger partial charge >= 0.3 is 0 Å². The van der Waals surface area contributed by atoms with Gasteiger partial charge in [0.05, 0.1) is 12.1 Å². The van der Waals surface area contributed by atoms with Crippen LogP contribution >= 0.6 is 46.4 Å². The lowest BCUT2D eigenvalue weighted by atomic mass is 10.1. The van der Waals surface area contributed by atoms with Crippen LogP contribution in [-0.2, 0) is 19.6 Å². The van der Waals surface area contributed by atoms with Gasteiger partial charge in [0.15, 0.2) is 11.5 Å². The average molecular weight is 485 g/mol. The molecular formula is C23H21Cl4NO2. The third-order valence-electron chi connectivity index (χ3n) is 4.50. The first-order chi connectivity index (χ1) is 14.5. The lowest BCUT2D eigenvalue weighted by molar-refractivity contribution is 0.284. The molecule has 0 unspecified atom stereocenters. The Labute approximate surface area is 196 Å². The van der Waals surface area contributed by atoms with Crippen LogP contribution in [0.1, 0.15) is 16.7 Å². The van der Waals surface area contributed by atoms with E-state index >= 15 is 0 Å². The molecule has 1 N–H and O–H groups in total. The molecule has 0 saturated carbocycles. The topological polar surface area (TPSA) is 30.5 Å². The summed E-state index contributed by atoms with van der Waals surface area (Å²) >= 11 is 24.5. The lowest BCUT2D eigenvalue weighted by Gasteiger charge is -2.15. The molecule has 0 atom stereocenters. The van der Waals surface area contributed by atoms with E-state index in [0.29, 0.717) is 44.7 Å². The molecule has 0 bridgehead atoms. The summed E-state index contributed by atoms with van der Waals surface area (Å²) in [6.45, 7) is 1.77. The SMILES string of the molecule is COc1cc(CNCCc2ccc(Cl)cc2Cl)cc(Cl)c1OCc1ccc(Cl)cc1. The monoisotopic (exact) mass is 483 g/mol. The van der Waals surface area contributed by atoms with Crippen molar-refractivity contribution in [3.05, 3.63) is 91.4 Å². The molecule has 0 fully saturated rings. The Kier molecular flexibility index (Phi) is 8.55. The number of rotatable bonds is 9. The second-order valence-corrected chi connectivity index (χ2v) is 8.37. The molecule has 0 aliphatic rings. The van der Waals surface area contributed by atoms with Crippen molar-refractivity contribution in [2.45, 2.75) is 19.6 Å². The number of hydrogen-bond donors (Lipinski definition) is 1. The summed E-state index contributed by atoms with van der Waals surface area (Å²) in [5.74, 6) is 1.11. The van der Waals surface area contributed by atoms with Gasteiger partial charge in [0.2, 0.25) is 0 Å². The maximum atomic E-state index is 6.47. The van der Waals surface area contributed by atoms with Crippen LogP contribution in [0.4, 0.5) is 0 Å². The second kappa shape index (κ2) is 11.1. The molecule has 0 heterocycles. The van der Waals surface area contributed by atoms with E-state index in [0.717, 1.165) is 29.7 Å². The Balaban J connectivity index is 1.58. The Bertz CT molecular complexity index is 993. The molecule has 0 aliphatic carbocycles. The molecule has 3 aromatic rings. The standard InChI is InChI=1S/C23H21Cl4NO2/c1-29-22-11-16(13-28-9-8-17-4-7-19(25)12-20(17)26)10-21(27)23(22)30-14-15-2-5-18(24)6-3-15/h2-7,10-12,28H,8-9,13-14H2,1H3. The fourth-order valence-electron chi connectivity index (χ4n) is 2.93. The van der Waals surface area contributed by atoms with Gasteiger partial charge in [-0.15, -0.1) is 0 Å². The molecule has 7 heteroatoms. The molecule has 0 aromatic heterocycles. The number of ether oxygens (including phenoxy) is 2. The van der Waals surface area contributed by atoms with Crippen molar-refractivity contribution in [1.29, 1.82) is 0 Å².